The number of alkyl halides is 1. The molecule has 0 heterocycles. The molecule has 78 valence electrons. The molecular weight excluding hydrogens is 196 g/mol. The minimum Gasteiger partial charge on any atom is -0.496 e. The van der Waals surface area contributed by atoms with Crippen molar-refractivity contribution in [3.05, 3.63) is 29.3 Å². The maximum Gasteiger partial charge on any atom is 0.122 e. The molecule has 0 saturated carbocycles. The van der Waals surface area contributed by atoms with Crippen molar-refractivity contribution in [1.82, 2.24) is 0 Å². The van der Waals surface area contributed by atoms with E-state index in [9.17, 15) is 0 Å². The second kappa shape index (κ2) is 5.26. The van der Waals surface area contributed by atoms with Crippen LogP contribution in [0.4, 0.5) is 0 Å². The van der Waals surface area contributed by atoms with Crippen LogP contribution in [0.15, 0.2) is 18.2 Å². The normalized spacial score (nSPS) is 12.6. The number of methoxy groups -OCH3 is 1. The van der Waals surface area contributed by atoms with Crippen LogP contribution in [0, 0.1) is 6.92 Å². The van der Waals surface area contributed by atoms with Gasteiger partial charge in [0.2, 0.25) is 0 Å². The molecule has 0 aliphatic carbocycles. The lowest BCUT2D eigenvalue weighted by molar-refractivity contribution is 0.406. The summed E-state index contributed by atoms with van der Waals surface area (Å²) in [5.41, 5.74) is 2.52. The van der Waals surface area contributed by atoms with Gasteiger partial charge < -0.3 is 4.74 Å². The summed E-state index contributed by atoms with van der Waals surface area (Å²) in [6, 6.07) is 6.27. The molecule has 1 aromatic carbocycles. The third-order valence-electron chi connectivity index (χ3n) is 2.46. The Kier molecular flexibility index (Phi) is 4.27. The standard InChI is InChI=1S/C12H17ClO/c1-9-4-5-12(14-3)11(8-9)10(2)6-7-13/h4-5,8,10H,6-7H2,1-3H3. The summed E-state index contributed by atoms with van der Waals surface area (Å²) in [6.45, 7) is 4.27. The number of aryl methyl sites for hydroxylation is 1. The topological polar surface area (TPSA) is 9.23 Å². The fourth-order valence-electron chi connectivity index (χ4n) is 1.56. The smallest absolute Gasteiger partial charge is 0.122 e. The summed E-state index contributed by atoms with van der Waals surface area (Å²) in [5, 5.41) is 0. The van der Waals surface area contributed by atoms with Crippen molar-refractivity contribution in [2.75, 3.05) is 13.0 Å². The Morgan fingerprint density at radius 2 is 2.14 bits per heavy atom. The molecule has 0 aliphatic heterocycles. The van der Waals surface area contributed by atoms with Gasteiger partial charge in [-0.1, -0.05) is 24.6 Å². The van der Waals surface area contributed by atoms with Gasteiger partial charge in [0.25, 0.3) is 0 Å². The van der Waals surface area contributed by atoms with E-state index in [2.05, 4.69) is 26.0 Å². The number of hydrogen-bond acceptors (Lipinski definition) is 1. The summed E-state index contributed by atoms with van der Waals surface area (Å²) < 4.78 is 5.32. The van der Waals surface area contributed by atoms with E-state index in [1.54, 1.807) is 7.11 Å². The van der Waals surface area contributed by atoms with Crippen LogP contribution in [0.3, 0.4) is 0 Å². The lowest BCUT2D eigenvalue weighted by Gasteiger charge is -2.15. The summed E-state index contributed by atoms with van der Waals surface area (Å²) in [7, 11) is 1.71. The van der Waals surface area contributed by atoms with E-state index in [1.807, 2.05) is 6.07 Å². The molecule has 0 amide bonds. The Morgan fingerprint density at radius 1 is 1.43 bits per heavy atom. The number of benzene rings is 1. The van der Waals surface area contributed by atoms with Crippen LogP contribution in [0.5, 0.6) is 5.75 Å². The first-order valence-electron chi connectivity index (χ1n) is 4.89. The molecule has 1 nitrogen and oxygen atoms in total. The summed E-state index contributed by atoms with van der Waals surface area (Å²) in [4.78, 5) is 0. The van der Waals surface area contributed by atoms with Gasteiger partial charge >= 0.3 is 0 Å². The Balaban J connectivity index is 2.97. The van der Waals surface area contributed by atoms with E-state index in [0.29, 0.717) is 11.8 Å². The fourth-order valence-corrected chi connectivity index (χ4v) is 1.89. The second-order valence-electron chi connectivity index (χ2n) is 3.62. The Bertz CT molecular complexity index is 296. The van der Waals surface area contributed by atoms with E-state index in [-0.39, 0.29) is 0 Å². The maximum atomic E-state index is 5.74. The monoisotopic (exact) mass is 212 g/mol. The highest BCUT2D eigenvalue weighted by molar-refractivity contribution is 6.17. The van der Waals surface area contributed by atoms with Gasteiger partial charge in [-0.3, -0.25) is 0 Å². The molecule has 1 aromatic rings. The van der Waals surface area contributed by atoms with Crippen LogP contribution >= 0.6 is 11.6 Å². The Hall–Kier alpha value is -0.690. The molecule has 1 unspecified atom stereocenters. The fraction of sp³-hybridized carbons (Fsp3) is 0.500. The highest BCUT2D eigenvalue weighted by Gasteiger charge is 2.10. The lowest BCUT2D eigenvalue weighted by atomic mass is 9.96. The first kappa shape index (κ1) is 11.4. The largest absolute Gasteiger partial charge is 0.496 e. The van der Waals surface area contributed by atoms with Gasteiger partial charge in [-0.2, -0.15) is 0 Å². The van der Waals surface area contributed by atoms with Crippen LogP contribution in [-0.4, -0.2) is 13.0 Å². The predicted molar refractivity (Wildman–Crippen MR) is 61.5 cm³/mol. The quantitative estimate of drug-likeness (QED) is 0.691. The van der Waals surface area contributed by atoms with Crippen molar-refractivity contribution in [3.8, 4) is 5.75 Å². The average Bonchev–Trinajstić information content (AvgIpc) is 2.18. The third kappa shape index (κ3) is 2.65. The van der Waals surface area contributed by atoms with Gasteiger partial charge in [-0.15, -0.1) is 11.6 Å². The zero-order valence-corrected chi connectivity index (χ0v) is 9.77. The number of rotatable bonds is 4. The third-order valence-corrected chi connectivity index (χ3v) is 2.68. The zero-order valence-electron chi connectivity index (χ0n) is 9.01. The molecule has 0 fully saturated rings. The Morgan fingerprint density at radius 3 is 2.71 bits per heavy atom. The minimum absolute atomic E-state index is 0.461. The van der Waals surface area contributed by atoms with E-state index in [4.69, 9.17) is 16.3 Å². The van der Waals surface area contributed by atoms with Crippen molar-refractivity contribution in [3.63, 3.8) is 0 Å². The number of hydrogen-bond donors (Lipinski definition) is 0. The lowest BCUT2D eigenvalue weighted by Crippen LogP contribution is -1.99. The molecule has 0 N–H and O–H groups in total. The predicted octanol–water partition coefficient (Wildman–Crippen LogP) is 3.74. The number of ether oxygens (including phenoxy) is 1. The average molecular weight is 213 g/mol. The van der Waals surface area contributed by atoms with E-state index >= 15 is 0 Å². The summed E-state index contributed by atoms with van der Waals surface area (Å²) in [6.07, 6.45) is 0.987. The summed E-state index contributed by atoms with van der Waals surface area (Å²) >= 11 is 5.74. The van der Waals surface area contributed by atoms with Crippen LogP contribution < -0.4 is 4.74 Å². The van der Waals surface area contributed by atoms with E-state index in [0.717, 1.165) is 12.2 Å². The molecule has 0 aromatic heterocycles. The van der Waals surface area contributed by atoms with Crippen LogP contribution in [-0.2, 0) is 0 Å². The maximum absolute atomic E-state index is 5.74. The highest BCUT2D eigenvalue weighted by atomic mass is 35.5. The minimum atomic E-state index is 0.461. The van der Waals surface area contributed by atoms with Crippen molar-refractivity contribution in [1.29, 1.82) is 0 Å². The molecule has 0 bridgehead atoms. The van der Waals surface area contributed by atoms with Gasteiger partial charge in [-0.05, 0) is 30.9 Å². The van der Waals surface area contributed by atoms with E-state index in [1.165, 1.54) is 11.1 Å². The van der Waals surface area contributed by atoms with Crippen molar-refractivity contribution < 1.29 is 4.74 Å². The van der Waals surface area contributed by atoms with Gasteiger partial charge in [0.15, 0.2) is 0 Å². The van der Waals surface area contributed by atoms with Gasteiger partial charge in [0, 0.05) is 5.88 Å². The first-order chi connectivity index (χ1) is 6.69. The van der Waals surface area contributed by atoms with Gasteiger partial charge in [0.05, 0.1) is 7.11 Å². The molecule has 1 rings (SSSR count). The van der Waals surface area contributed by atoms with Crippen LogP contribution in [0.2, 0.25) is 0 Å². The zero-order chi connectivity index (χ0) is 10.6. The van der Waals surface area contributed by atoms with Crippen molar-refractivity contribution >= 4 is 11.6 Å². The summed E-state index contributed by atoms with van der Waals surface area (Å²) in [5.74, 6) is 2.12. The molecule has 0 radical (unpaired) electrons. The van der Waals surface area contributed by atoms with Crippen LogP contribution in [0.1, 0.15) is 30.4 Å². The van der Waals surface area contributed by atoms with Crippen molar-refractivity contribution in [2.45, 2.75) is 26.2 Å². The first-order valence-corrected chi connectivity index (χ1v) is 5.43. The second-order valence-corrected chi connectivity index (χ2v) is 4.00. The Labute approximate surface area is 91.0 Å². The van der Waals surface area contributed by atoms with E-state index < -0.39 is 0 Å². The molecule has 0 spiro atoms. The highest BCUT2D eigenvalue weighted by Crippen LogP contribution is 2.29. The van der Waals surface area contributed by atoms with Gasteiger partial charge in [-0.25, -0.2) is 0 Å². The SMILES string of the molecule is COc1ccc(C)cc1C(C)CCCl. The number of halogens is 1. The molecule has 0 aliphatic rings. The molecule has 2 heteroatoms. The molecule has 14 heavy (non-hydrogen) atoms. The molecule has 0 saturated heterocycles. The van der Waals surface area contributed by atoms with Gasteiger partial charge in [0.1, 0.15) is 5.75 Å². The van der Waals surface area contributed by atoms with Crippen molar-refractivity contribution in [2.24, 2.45) is 0 Å². The molecule has 1 atom stereocenters. The van der Waals surface area contributed by atoms with Crippen LogP contribution in [0.25, 0.3) is 0 Å². The molecular formula is C12H17ClO.